The minimum Gasteiger partial charge on any atom is -0.0875 e. The second-order valence-corrected chi connectivity index (χ2v) is 5.05. The van der Waals surface area contributed by atoms with Gasteiger partial charge in [0.1, 0.15) is 0 Å². The highest BCUT2D eigenvalue weighted by molar-refractivity contribution is 7.47. The number of hydrogen-bond acceptors (Lipinski definition) is 0. The van der Waals surface area contributed by atoms with E-state index in [1.165, 1.54) is 18.1 Å². The first-order chi connectivity index (χ1) is 5.83. The fourth-order valence-corrected chi connectivity index (χ4v) is 2.71. The smallest absolute Gasteiger partial charge is 0.0225 e. The van der Waals surface area contributed by atoms with Gasteiger partial charge in [-0.05, 0) is 17.4 Å². The summed E-state index contributed by atoms with van der Waals surface area (Å²) >= 11 is 0. The zero-order valence-electron chi connectivity index (χ0n) is 7.88. The normalized spacial score (nSPS) is 13.8. The van der Waals surface area contributed by atoms with Gasteiger partial charge in [0.05, 0.1) is 0 Å². The van der Waals surface area contributed by atoms with Crippen LogP contribution in [0.2, 0.25) is 0 Å². The molecule has 1 aromatic rings. The van der Waals surface area contributed by atoms with E-state index < -0.39 is 0 Å². The average molecular weight is 180 g/mol. The maximum atomic E-state index is 2.34. The molecular formula is C11H17P. The van der Waals surface area contributed by atoms with Crippen LogP contribution in [-0.2, 0) is 0 Å². The van der Waals surface area contributed by atoms with E-state index in [0.717, 1.165) is 14.2 Å². The van der Waals surface area contributed by atoms with Gasteiger partial charge in [-0.2, -0.15) is 0 Å². The second-order valence-electron chi connectivity index (χ2n) is 3.20. The maximum Gasteiger partial charge on any atom is -0.0225 e. The molecular weight excluding hydrogens is 163 g/mol. The highest BCUT2D eigenvalue weighted by atomic mass is 31.1. The van der Waals surface area contributed by atoms with Crippen molar-refractivity contribution >= 4 is 13.9 Å². The van der Waals surface area contributed by atoms with Crippen LogP contribution in [0.25, 0.3) is 0 Å². The molecule has 12 heavy (non-hydrogen) atoms. The van der Waals surface area contributed by atoms with Crippen LogP contribution in [0.15, 0.2) is 30.3 Å². The highest BCUT2D eigenvalue weighted by Gasteiger charge is 2.00. The van der Waals surface area contributed by atoms with Gasteiger partial charge >= 0.3 is 0 Å². The average Bonchev–Trinajstić information content (AvgIpc) is 2.06. The molecule has 1 rings (SSSR count). The summed E-state index contributed by atoms with van der Waals surface area (Å²) in [4.78, 5) is 0. The van der Waals surface area contributed by atoms with E-state index in [4.69, 9.17) is 0 Å². The van der Waals surface area contributed by atoms with E-state index in [0.29, 0.717) is 0 Å². The van der Waals surface area contributed by atoms with Gasteiger partial charge in [-0.3, -0.25) is 0 Å². The fraction of sp³-hybridized carbons (Fsp3) is 0.455. The van der Waals surface area contributed by atoms with E-state index in [2.05, 4.69) is 44.2 Å². The number of benzene rings is 1. The molecule has 2 atom stereocenters. The van der Waals surface area contributed by atoms with Crippen molar-refractivity contribution < 1.29 is 0 Å². The summed E-state index contributed by atoms with van der Waals surface area (Å²) in [5.41, 5.74) is 0.859. The second kappa shape index (κ2) is 5.32. The Balaban J connectivity index is 2.41. The lowest BCUT2D eigenvalue weighted by molar-refractivity contribution is 0.785. The number of rotatable bonds is 4. The summed E-state index contributed by atoms with van der Waals surface area (Å²) in [6, 6.07) is 10.8. The Labute approximate surface area is 77.2 Å². The molecule has 0 aliphatic heterocycles. The van der Waals surface area contributed by atoms with Crippen molar-refractivity contribution in [3.05, 3.63) is 30.3 Å². The molecule has 0 radical (unpaired) electrons. The molecule has 0 heterocycles. The standard InChI is InChI=1S/C11H17P/c1-3-7-10(2)12-11-8-5-4-6-9-11/h4-6,8-10,12H,3,7H2,1-2H3. The zero-order valence-corrected chi connectivity index (χ0v) is 8.88. The lowest BCUT2D eigenvalue weighted by Crippen LogP contribution is -2.01. The van der Waals surface area contributed by atoms with Gasteiger partial charge in [0, 0.05) is 0 Å². The minimum atomic E-state index is 0.859. The topological polar surface area (TPSA) is 0 Å². The monoisotopic (exact) mass is 180 g/mol. The van der Waals surface area contributed by atoms with Gasteiger partial charge < -0.3 is 0 Å². The Bertz CT molecular complexity index is 206. The lowest BCUT2D eigenvalue weighted by atomic mass is 10.3. The van der Waals surface area contributed by atoms with E-state index in [-0.39, 0.29) is 0 Å². The Hall–Kier alpha value is -0.350. The van der Waals surface area contributed by atoms with Crippen LogP contribution in [0.1, 0.15) is 26.7 Å². The maximum absolute atomic E-state index is 2.34. The Morgan fingerprint density at radius 2 is 1.92 bits per heavy atom. The van der Waals surface area contributed by atoms with Crippen molar-refractivity contribution in [2.75, 3.05) is 0 Å². The predicted octanol–water partition coefficient (Wildman–Crippen LogP) is 3.18. The van der Waals surface area contributed by atoms with Gasteiger partial charge in [-0.25, -0.2) is 0 Å². The van der Waals surface area contributed by atoms with E-state index >= 15 is 0 Å². The first-order valence-corrected chi connectivity index (χ1v) is 5.72. The molecule has 1 aromatic carbocycles. The van der Waals surface area contributed by atoms with Crippen molar-refractivity contribution in [3.8, 4) is 0 Å². The van der Waals surface area contributed by atoms with Crippen molar-refractivity contribution in [1.29, 1.82) is 0 Å². The predicted molar refractivity (Wildman–Crippen MR) is 58.8 cm³/mol. The third-order valence-corrected chi connectivity index (χ3v) is 3.36. The molecule has 0 fully saturated rings. The van der Waals surface area contributed by atoms with Crippen LogP contribution < -0.4 is 5.30 Å². The molecule has 0 bridgehead atoms. The first-order valence-electron chi connectivity index (χ1n) is 4.64. The molecule has 0 spiro atoms. The third-order valence-electron chi connectivity index (χ3n) is 1.91. The fourth-order valence-electron chi connectivity index (χ4n) is 1.32. The van der Waals surface area contributed by atoms with Crippen molar-refractivity contribution in [3.63, 3.8) is 0 Å². The van der Waals surface area contributed by atoms with Gasteiger partial charge in [-0.15, -0.1) is 0 Å². The summed E-state index contributed by atoms with van der Waals surface area (Å²) in [7, 11) is 0.985. The highest BCUT2D eigenvalue weighted by Crippen LogP contribution is 2.21. The molecule has 0 N–H and O–H groups in total. The van der Waals surface area contributed by atoms with E-state index in [9.17, 15) is 0 Å². The molecule has 66 valence electrons. The minimum absolute atomic E-state index is 0.859. The molecule has 2 unspecified atom stereocenters. The van der Waals surface area contributed by atoms with Crippen molar-refractivity contribution in [2.24, 2.45) is 0 Å². The molecule has 0 saturated heterocycles. The Morgan fingerprint density at radius 1 is 1.25 bits per heavy atom. The summed E-state index contributed by atoms with van der Waals surface area (Å²) in [5.74, 6) is 0. The lowest BCUT2D eigenvalue weighted by Gasteiger charge is -2.09. The van der Waals surface area contributed by atoms with Gasteiger partial charge in [-0.1, -0.05) is 59.2 Å². The largest absolute Gasteiger partial charge is 0.0875 e. The number of hydrogen-bond donors (Lipinski definition) is 0. The van der Waals surface area contributed by atoms with Gasteiger partial charge in [0.2, 0.25) is 0 Å². The molecule has 0 nitrogen and oxygen atoms in total. The van der Waals surface area contributed by atoms with Crippen LogP contribution in [0.3, 0.4) is 0 Å². The Morgan fingerprint density at radius 3 is 2.50 bits per heavy atom. The van der Waals surface area contributed by atoms with Crippen molar-refractivity contribution in [1.82, 2.24) is 0 Å². The molecule has 0 saturated carbocycles. The Kier molecular flexibility index (Phi) is 4.32. The molecule has 1 heteroatoms. The van der Waals surface area contributed by atoms with Gasteiger partial charge in [0.25, 0.3) is 0 Å². The molecule has 0 aliphatic carbocycles. The first kappa shape index (κ1) is 9.74. The molecule has 0 aliphatic rings. The van der Waals surface area contributed by atoms with Crippen LogP contribution in [0.5, 0.6) is 0 Å². The van der Waals surface area contributed by atoms with E-state index in [1.807, 2.05) is 0 Å². The van der Waals surface area contributed by atoms with E-state index in [1.54, 1.807) is 0 Å². The van der Waals surface area contributed by atoms with Crippen LogP contribution in [0, 0.1) is 0 Å². The zero-order chi connectivity index (χ0) is 8.81. The van der Waals surface area contributed by atoms with Crippen molar-refractivity contribution in [2.45, 2.75) is 32.3 Å². The SMILES string of the molecule is CCCC(C)Pc1ccccc1. The molecule has 0 amide bonds. The van der Waals surface area contributed by atoms with Crippen LogP contribution >= 0.6 is 8.58 Å². The summed E-state index contributed by atoms with van der Waals surface area (Å²) in [6.45, 7) is 4.60. The van der Waals surface area contributed by atoms with Crippen LogP contribution in [-0.4, -0.2) is 5.66 Å². The summed E-state index contributed by atoms with van der Waals surface area (Å²) in [6.07, 6.45) is 2.66. The van der Waals surface area contributed by atoms with Crippen LogP contribution in [0.4, 0.5) is 0 Å². The third kappa shape index (κ3) is 3.36. The molecule has 0 aromatic heterocycles. The summed E-state index contributed by atoms with van der Waals surface area (Å²) in [5, 5.41) is 1.50. The quantitative estimate of drug-likeness (QED) is 0.624. The summed E-state index contributed by atoms with van der Waals surface area (Å²) < 4.78 is 0. The van der Waals surface area contributed by atoms with Gasteiger partial charge in [0.15, 0.2) is 0 Å².